The molecule has 1 aliphatic heterocycles. The smallest absolute Gasteiger partial charge is 0.193 e. The Bertz CT molecular complexity index is 386. The molecule has 0 aliphatic carbocycles. The van der Waals surface area contributed by atoms with E-state index in [1.807, 2.05) is 6.92 Å². The molecule has 1 saturated heterocycles. The summed E-state index contributed by atoms with van der Waals surface area (Å²) in [6.45, 7) is 16.7. The lowest BCUT2D eigenvalue weighted by atomic mass is 9.95. The molecule has 0 aromatic rings. The van der Waals surface area contributed by atoms with Crippen LogP contribution in [0.4, 0.5) is 0 Å². The van der Waals surface area contributed by atoms with Gasteiger partial charge in [-0.2, -0.15) is 0 Å². The topological polar surface area (TPSA) is 44.8 Å². The van der Waals surface area contributed by atoms with Crippen LogP contribution < -0.4 is 0 Å². The zero-order valence-electron chi connectivity index (χ0n) is 13.8. The van der Waals surface area contributed by atoms with Crippen molar-refractivity contribution in [1.29, 1.82) is 0 Å². The SMILES string of the molecule is C=C1C[C@@](C)(OC)O[C@H](C=O)[C@H]1O[Si](C)(C)C(C)(C)C. The Hall–Kier alpha value is -0.493. The molecule has 1 heterocycles. The number of ether oxygens (including phenoxy) is 2. The third kappa shape index (κ3) is 3.58. The molecule has 20 heavy (non-hydrogen) atoms. The van der Waals surface area contributed by atoms with Gasteiger partial charge in [-0.1, -0.05) is 27.4 Å². The highest BCUT2D eigenvalue weighted by Crippen LogP contribution is 2.41. The van der Waals surface area contributed by atoms with Crippen molar-refractivity contribution in [3.05, 3.63) is 12.2 Å². The molecule has 0 radical (unpaired) electrons. The van der Waals surface area contributed by atoms with E-state index in [4.69, 9.17) is 13.9 Å². The fourth-order valence-corrected chi connectivity index (χ4v) is 3.29. The van der Waals surface area contributed by atoms with Gasteiger partial charge in [0.1, 0.15) is 6.10 Å². The van der Waals surface area contributed by atoms with Crippen molar-refractivity contribution in [2.75, 3.05) is 7.11 Å². The van der Waals surface area contributed by atoms with Gasteiger partial charge < -0.3 is 18.7 Å². The lowest BCUT2D eigenvalue weighted by Gasteiger charge is -2.46. The van der Waals surface area contributed by atoms with Crippen LogP contribution >= 0.6 is 0 Å². The predicted molar refractivity (Wildman–Crippen MR) is 82.2 cm³/mol. The second-order valence-electron chi connectivity index (χ2n) is 7.19. The Morgan fingerprint density at radius 3 is 2.40 bits per heavy atom. The van der Waals surface area contributed by atoms with Crippen LogP contribution in [0.15, 0.2) is 12.2 Å². The Labute approximate surface area is 123 Å². The minimum Gasteiger partial charge on any atom is -0.407 e. The number of methoxy groups -OCH3 is 1. The van der Waals surface area contributed by atoms with E-state index in [1.54, 1.807) is 7.11 Å². The Morgan fingerprint density at radius 1 is 1.45 bits per heavy atom. The molecule has 5 heteroatoms. The van der Waals surface area contributed by atoms with Gasteiger partial charge in [0.2, 0.25) is 0 Å². The summed E-state index contributed by atoms with van der Waals surface area (Å²) in [7, 11) is -0.416. The third-order valence-corrected chi connectivity index (χ3v) is 8.88. The molecule has 0 N–H and O–H groups in total. The van der Waals surface area contributed by atoms with Gasteiger partial charge in [-0.25, -0.2) is 0 Å². The fraction of sp³-hybridized carbons (Fsp3) is 0.800. The molecular formula is C15H28O4Si. The zero-order valence-corrected chi connectivity index (χ0v) is 14.8. The molecule has 0 aromatic carbocycles. The molecule has 0 saturated carbocycles. The van der Waals surface area contributed by atoms with Gasteiger partial charge in [0, 0.05) is 13.5 Å². The lowest BCUT2D eigenvalue weighted by molar-refractivity contribution is -0.253. The van der Waals surface area contributed by atoms with Crippen molar-refractivity contribution < 1.29 is 18.7 Å². The third-order valence-electron chi connectivity index (χ3n) is 4.43. The van der Waals surface area contributed by atoms with Crippen molar-refractivity contribution in [2.24, 2.45) is 0 Å². The zero-order chi connectivity index (χ0) is 15.8. The first-order chi connectivity index (χ1) is 8.96. The van der Waals surface area contributed by atoms with Crippen LogP contribution in [0, 0.1) is 0 Å². The summed E-state index contributed by atoms with van der Waals surface area (Å²) in [6, 6.07) is 0. The fourth-order valence-electron chi connectivity index (χ4n) is 2.00. The summed E-state index contributed by atoms with van der Waals surface area (Å²) in [4.78, 5) is 11.4. The van der Waals surface area contributed by atoms with Gasteiger partial charge in [0.25, 0.3) is 0 Å². The molecule has 0 spiro atoms. The van der Waals surface area contributed by atoms with E-state index in [1.165, 1.54) is 0 Å². The Kier molecular flexibility index (Phi) is 5.02. The maximum absolute atomic E-state index is 11.4. The summed E-state index contributed by atoms with van der Waals surface area (Å²) >= 11 is 0. The van der Waals surface area contributed by atoms with Gasteiger partial charge in [0.05, 0.1) is 6.10 Å². The first-order valence-corrected chi connectivity index (χ1v) is 9.90. The van der Waals surface area contributed by atoms with E-state index in [2.05, 4.69) is 40.4 Å². The molecule has 0 aromatic heterocycles. The van der Waals surface area contributed by atoms with Crippen LogP contribution in [0.25, 0.3) is 0 Å². The van der Waals surface area contributed by atoms with Gasteiger partial charge in [-0.3, -0.25) is 0 Å². The first-order valence-electron chi connectivity index (χ1n) is 6.99. The average molecular weight is 300 g/mol. The molecule has 4 nitrogen and oxygen atoms in total. The highest BCUT2D eigenvalue weighted by atomic mass is 28.4. The summed E-state index contributed by atoms with van der Waals surface area (Å²) in [5.74, 6) is -0.796. The van der Waals surface area contributed by atoms with Crippen molar-refractivity contribution in [2.45, 2.75) is 70.2 Å². The van der Waals surface area contributed by atoms with E-state index in [0.717, 1.165) is 11.9 Å². The van der Waals surface area contributed by atoms with Crippen LogP contribution in [0.3, 0.4) is 0 Å². The van der Waals surface area contributed by atoms with E-state index >= 15 is 0 Å². The van der Waals surface area contributed by atoms with Crippen LogP contribution in [0.2, 0.25) is 18.1 Å². The van der Waals surface area contributed by atoms with Crippen LogP contribution in [0.5, 0.6) is 0 Å². The minimum atomic E-state index is -1.99. The second kappa shape index (κ2) is 5.71. The number of carbonyl (C=O) groups excluding carboxylic acids is 1. The highest BCUT2D eigenvalue weighted by Gasteiger charge is 2.46. The standard InChI is InChI=1S/C15H28O4Si/c1-11-9-15(5,17-6)18-12(10-16)13(11)19-20(7,8)14(2,3)4/h10,12-13H,1,9H2,2-8H3/t12-,13+,15+/m1/s1. The normalized spacial score (nSPS) is 32.2. The monoisotopic (exact) mass is 300 g/mol. The molecule has 1 fully saturated rings. The van der Waals surface area contributed by atoms with E-state index in [-0.39, 0.29) is 11.1 Å². The van der Waals surface area contributed by atoms with E-state index in [0.29, 0.717) is 6.42 Å². The Morgan fingerprint density at radius 2 is 2.00 bits per heavy atom. The second-order valence-corrected chi connectivity index (χ2v) is 11.9. The molecule has 1 aliphatic rings. The largest absolute Gasteiger partial charge is 0.407 e. The van der Waals surface area contributed by atoms with Crippen LogP contribution in [-0.4, -0.2) is 39.7 Å². The molecule has 1 rings (SSSR count). The van der Waals surface area contributed by atoms with Crippen molar-refractivity contribution in [3.8, 4) is 0 Å². The van der Waals surface area contributed by atoms with Gasteiger partial charge >= 0.3 is 0 Å². The average Bonchev–Trinajstić information content (AvgIpc) is 2.31. The van der Waals surface area contributed by atoms with E-state index in [9.17, 15) is 4.79 Å². The molecule has 0 amide bonds. The summed E-state index contributed by atoms with van der Waals surface area (Å²) in [5.41, 5.74) is 0.863. The van der Waals surface area contributed by atoms with E-state index < -0.39 is 20.2 Å². The molecule has 3 atom stereocenters. The van der Waals surface area contributed by atoms with Gasteiger partial charge in [-0.05, 0) is 30.6 Å². The highest BCUT2D eigenvalue weighted by molar-refractivity contribution is 6.74. The maximum Gasteiger partial charge on any atom is 0.193 e. The quantitative estimate of drug-likeness (QED) is 0.454. The number of aldehydes is 1. The van der Waals surface area contributed by atoms with Crippen molar-refractivity contribution in [3.63, 3.8) is 0 Å². The van der Waals surface area contributed by atoms with Crippen LogP contribution in [-0.2, 0) is 18.7 Å². The summed E-state index contributed by atoms with van der Waals surface area (Å²) < 4.78 is 17.4. The lowest BCUT2D eigenvalue weighted by Crippen LogP contribution is -2.54. The van der Waals surface area contributed by atoms with Crippen molar-refractivity contribution in [1.82, 2.24) is 0 Å². The van der Waals surface area contributed by atoms with Gasteiger partial charge in [0.15, 0.2) is 20.4 Å². The van der Waals surface area contributed by atoms with Gasteiger partial charge in [-0.15, -0.1) is 0 Å². The predicted octanol–water partition coefficient (Wildman–Crippen LogP) is 3.28. The number of hydrogen-bond donors (Lipinski definition) is 0. The number of carbonyl (C=O) groups is 1. The minimum absolute atomic E-state index is 0.0721. The Balaban J connectivity index is 2.95. The molecule has 0 bridgehead atoms. The molecule has 116 valence electrons. The molecule has 0 unspecified atom stereocenters. The number of rotatable bonds is 4. The first kappa shape index (κ1) is 17.6. The summed E-state index contributed by atoms with van der Waals surface area (Å²) in [6.07, 6.45) is 0.291. The van der Waals surface area contributed by atoms with Crippen molar-refractivity contribution >= 4 is 14.6 Å². The molecular weight excluding hydrogens is 272 g/mol. The summed E-state index contributed by atoms with van der Waals surface area (Å²) in [5, 5.41) is 0.0721. The van der Waals surface area contributed by atoms with Crippen LogP contribution in [0.1, 0.15) is 34.1 Å². The number of hydrogen-bond acceptors (Lipinski definition) is 4. The maximum atomic E-state index is 11.4.